The number of nitrogens with one attached hydrogen (secondary N) is 1. The monoisotopic (exact) mass is 303 g/mol. The average Bonchev–Trinajstić information content (AvgIpc) is 2.58. The van der Waals surface area contributed by atoms with Crippen LogP contribution in [0.5, 0.6) is 0 Å². The van der Waals surface area contributed by atoms with Gasteiger partial charge >= 0.3 is 5.97 Å². The van der Waals surface area contributed by atoms with Crippen LogP contribution >= 0.6 is 0 Å². The zero-order valence-corrected chi connectivity index (χ0v) is 13.7. The Morgan fingerprint density at radius 2 is 1.95 bits per heavy atom. The number of esters is 1. The number of hydrogen-bond donors (Lipinski definition) is 1. The smallest absolute Gasteiger partial charge is 0.313 e. The number of carbonyl (C=O) groups is 1. The molecule has 0 heterocycles. The van der Waals surface area contributed by atoms with Crippen molar-refractivity contribution in [3.63, 3.8) is 0 Å². The molecule has 2 rings (SSSR count). The summed E-state index contributed by atoms with van der Waals surface area (Å²) in [7, 11) is 0. The highest BCUT2D eigenvalue weighted by atomic mass is 16.5. The molecule has 122 valence electrons. The zero-order chi connectivity index (χ0) is 15.6. The number of rotatable bonds is 8. The van der Waals surface area contributed by atoms with Crippen LogP contribution in [-0.2, 0) is 9.53 Å². The van der Waals surface area contributed by atoms with Crippen molar-refractivity contribution in [2.24, 2.45) is 0 Å². The van der Waals surface area contributed by atoms with Crippen LogP contribution in [0.4, 0.5) is 0 Å². The lowest BCUT2D eigenvalue weighted by atomic mass is 9.95. The molecule has 1 aromatic carbocycles. The van der Waals surface area contributed by atoms with Gasteiger partial charge < -0.3 is 10.1 Å². The van der Waals surface area contributed by atoms with E-state index in [1.165, 1.54) is 32.1 Å². The van der Waals surface area contributed by atoms with Gasteiger partial charge in [0.1, 0.15) is 6.61 Å². The summed E-state index contributed by atoms with van der Waals surface area (Å²) in [5.74, 6) is -0.209. The Kier molecular flexibility index (Phi) is 7.44. The van der Waals surface area contributed by atoms with E-state index in [2.05, 4.69) is 12.2 Å². The fourth-order valence-electron chi connectivity index (χ4n) is 3.22. The minimum absolute atomic E-state index is 0.0847. The van der Waals surface area contributed by atoms with Crippen molar-refractivity contribution in [2.45, 2.75) is 63.8 Å². The number of carbonyl (C=O) groups excluding carboxylic acids is 1. The first-order chi connectivity index (χ1) is 10.8. The zero-order valence-electron chi connectivity index (χ0n) is 13.7. The van der Waals surface area contributed by atoms with Gasteiger partial charge in [0, 0.05) is 12.6 Å². The van der Waals surface area contributed by atoms with Gasteiger partial charge in [-0.05, 0) is 24.8 Å². The molecule has 0 radical (unpaired) electrons. The molecule has 1 N–H and O–H groups in total. The Balaban J connectivity index is 1.74. The maximum absolute atomic E-state index is 12.3. The van der Waals surface area contributed by atoms with Gasteiger partial charge in [0.2, 0.25) is 0 Å². The second-order valence-electron chi connectivity index (χ2n) is 6.21. The maximum atomic E-state index is 12.3. The van der Waals surface area contributed by atoms with E-state index < -0.39 is 0 Å². The molecule has 1 atom stereocenters. The molecule has 1 aliphatic carbocycles. The molecule has 3 heteroatoms. The van der Waals surface area contributed by atoms with Crippen molar-refractivity contribution in [1.82, 2.24) is 5.32 Å². The molecule has 1 fully saturated rings. The fourth-order valence-corrected chi connectivity index (χ4v) is 3.22. The highest BCUT2D eigenvalue weighted by Gasteiger charge is 2.21. The first-order valence-electron chi connectivity index (χ1n) is 8.76. The highest BCUT2D eigenvalue weighted by Crippen LogP contribution is 2.22. The first-order valence-corrected chi connectivity index (χ1v) is 8.76. The van der Waals surface area contributed by atoms with E-state index in [9.17, 15) is 4.79 Å². The lowest BCUT2D eigenvalue weighted by Crippen LogP contribution is -2.34. The molecule has 0 saturated heterocycles. The quantitative estimate of drug-likeness (QED) is 0.582. The topological polar surface area (TPSA) is 38.3 Å². The molecule has 0 amide bonds. The second kappa shape index (κ2) is 9.62. The molecule has 22 heavy (non-hydrogen) atoms. The van der Waals surface area contributed by atoms with Crippen molar-refractivity contribution in [3.8, 4) is 0 Å². The van der Waals surface area contributed by atoms with Crippen LogP contribution in [0, 0.1) is 0 Å². The van der Waals surface area contributed by atoms with E-state index in [1.54, 1.807) is 0 Å². The third kappa shape index (κ3) is 5.45. The normalized spacial score (nSPS) is 17.1. The van der Waals surface area contributed by atoms with Crippen LogP contribution in [0.25, 0.3) is 0 Å². The number of hydrogen-bond acceptors (Lipinski definition) is 3. The Morgan fingerprint density at radius 1 is 1.23 bits per heavy atom. The lowest BCUT2D eigenvalue weighted by molar-refractivity contribution is -0.145. The van der Waals surface area contributed by atoms with Crippen LogP contribution in [0.2, 0.25) is 0 Å². The summed E-state index contributed by atoms with van der Waals surface area (Å²) in [5, 5.41) is 3.51. The first kappa shape index (κ1) is 17.0. The summed E-state index contributed by atoms with van der Waals surface area (Å²) in [6.07, 6.45) is 8.36. The van der Waals surface area contributed by atoms with Crippen LogP contribution in [0.3, 0.4) is 0 Å². The van der Waals surface area contributed by atoms with E-state index in [1.807, 2.05) is 30.3 Å². The van der Waals surface area contributed by atoms with Gasteiger partial charge in [-0.2, -0.15) is 0 Å². The van der Waals surface area contributed by atoms with Gasteiger partial charge in [-0.1, -0.05) is 62.9 Å². The summed E-state index contributed by atoms with van der Waals surface area (Å²) in [6, 6.07) is 10.6. The van der Waals surface area contributed by atoms with Crippen LogP contribution < -0.4 is 5.32 Å². The maximum Gasteiger partial charge on any atom is 0.313 e. The predicted octanol–water partition coefficient (Wildman–Crippen LogP) is 4.04. The summed E-state index contributed by atoms with van der Waals surface area (Å²) in [4.78, 5) is 12.3. The third-order valence-corrected chi connectivity index (χ3v) is 4.45. The van der Waals surface area contributed by atoms with E-state index in [4.69, 9.17) is 4.74 Å². The van der Waals surface area contributed by atoms with Gasteiger partial charge in [-0.15, -0.1) is 0 Å². The standard InChI is InChI=1S/C19H29NO2/c1-2-9-18(16-10-5-3-6-11-16)19(21)22-15-14-20-17-12-7-4-8-13-17/h3,5-6,10-11,17-18,20H,2,4,7-9,12-15H2,1H3. The van der Waals surface area contributed by atoms with Crippen molar-refractivity contribution in [1.29, 1.82) is 0 Å². The number of ether oxygens (including phenoxy) is 1. The van der Waals surface area contributed by atoms with Gasteiger partial charge in [-0.25, -0.2) is 0 Å². The SMILES string of the molecule is CCCC(C(=O)OCCNC1CCCCC1)c1ccccc1. The largest absolute Gasteiger partial charge is 0.464 e. The summed E-state index contributed by atoms with van der Waals surface area (Å²) < 4.78 is 5.50. The fraction of sp³-hybridized carbons (Fsp3) is 0.632. The minimum atomic E-state index is -0.124. The minimum Gasteiger partial charge on any atom is -0.464 e. The van der Waals surface area contributed by atoms with Gasteiger partial charge in [0.25, 0.3) is 0 Å². The van der Waals surface area contributed by atoms with Gasteiger partial charge in [0.05, 0.1) is 5.92 Å². The van der Waals surface area contributed by atoms with E-state index in [-0.39, 0.29) is 11.9 Å². The average molecular weight is 303 g/mol. The van der Waals surface area contributed by atoms with Crippen LogP contribution in [-0.4, -0.2) is 25.2 Å². The summed E-state index contributed by atoms with van der Waals surface area (Å²) in [6.45, 7) is 3.35. The van der Waals surface area contributed by atoms with Crippen molar-refractivity contribution < 1.29 is 9.53 Å². The predicted molar refractivity (Wildman–Crippen MR) is 89.9 cm³/mol. The second-order valence-corrected chi connectivity index (χ2v) is 6.21. The van der Waals surface area contributed by atoms with Gasteiger partial charge in [0.15, 0.2) is 0 Å². The Bertz CT molecular complexity index is 426. The van der Waals surface area contributed by atoms with E-state index >= 15 is 0 Å². The summed E-state index contributed by atoms with van der Waals surface area (Å²) in [5.41, 5.74) is 1.06. The van der Waals surface area contributed by atoms with Gasteiger partial charge in [-0.3, -0.25) is 4.79 Å². The van der Waals surface area contributed by atoms with Crippen molar-refractivity contribution in [3.05, 3.63) is 35.9 Å². The molecule has 1 aromatic rings. The lowest BCUT2D eigenvalue weighted by Gasteiger charge is -2.23. The molecular weight excluding hydrogens is 274 g/mol. The molecule has 3 nitrogen and oxygen atoms in total. The molecule has 0 aliphatic heterocycles. The molecule has 0 aromatic heterocycles. The molecule has 0 bridgehead atoms. The van der Waals surface area contributed by atoms with Crippen molar-refractivity contribution >= 4 is 5.97 Å². The molecule has 1 saturated carbocycles. The Hall–Kier alpha value is -1.35. The van der Waals surface area contributed by atoms with Crippen molar-refractivity contribution in [2.75, 3.05) is 13.2 Å². The third-order valence-electron chi connectivity index (χ3n) is 4.45. The van der Waals surface area contributed by atoms with Crippen LogP contribution in [0.15, 0.2) is 30.3 Å². The Morgan fingerprint density at radius 3 is 2.64 bits per heavy atom. The van der Waals surface area contributed by atoms with E-state index in [0.717, 1.165) is 24.9 Å². The number of benzene rings is 1. The van der Waals surface area contributed by atoms with E-state index in [0.29, 0.717) is 12.6 Å². The summed E-state index contributed by atoms with van der Waals surface area (Å²) >= 11 is 0. The Labute approximate surface area is 134 Å². The van der Waals surface area contributed by atoms with Crippen LogP contribution in [0.1, 0.15) is 63.4 Å². The molecule has 0 spiro atoms. The molecule has 1 aliphatic rings. The molecular formula is C19H29NO2. The molecule has 1 unspecified atom stereocenters. The highest BCUT2D eigenvalue weighted by molar-refractivity contribution is 5.78.